The Morgan fingerprint density at radius 3 is 2.69 bits per heavy atom. The Morgan fingerprint density at radius 1 is 1.12 bits per heavy atom. The average molecular weight is 454 g/mol. The number of sulfonamides is 1. The van der Waals surface area contributed by atoms with E-state index in [-0.39, 0.29) is 11.9 Å². The molecule has 1 amide bonds. The molecule has 0 radical (unpaired) electrons. The molecule has 1 aromatic carbocycles. The third-order valence-corrected chi connectivity index (χ3v) is 8.43. The number of aryl methyl sites for hydroxylation is 1. The molecule has 2 unspecified atom stereocenters. The molecule has 0 aliphatic carbocycles. The molecule has 2 saturated heterocycles. The summed E-state index contributed by atoms with van der Waals surface area (Å²) >= 11 is 0. The molecular weight excluding hydrogens is 426 g/mol. The Hall–Kier alpha value is -2.75. The summed E-state index contributed by atoms with van der Waals surface area (Å²) in [5.74, 6) is 0.234. The van der Waals surface area contributed by atoms with E-state index in [2.05, 4.69) is 15.2 Å². The molecule has 9 heteroatoms. The molecule has 0 bridgehead atoms. The summed E-state index contributed by atoms with van der Waals surface area (Å²) in [6.07, 6.45) is 4.55. The summed E-state index contributed by atoms with van der Waals surface area (Å²) in [4.78, 5) is 19.4. The first-order valence-corrected chi connectivity index (χ1v) is 12.3. The maximum Gasteiger partial charge on any atom is 0.253 e. The molecule has 0 saturated carbocycles. The molecule has 1 N–H and O–H groups in total. The third-order valence-electron chi connectivity index (χ3n) is 6.50. The molecule has 4 heterocycles. The van der Waals surface area contributed by atoms with Crippen molar-refractivity contribution in [1.82, 2.24) is 23.9 Å². The van der Waals surface area contributed by atoms with Gasteiger partial charge >= 0.3 is 0 Å². The van der Waals surface area contributed by atoms with E-state index >= 15 is 0 Å². The Labute approximate surface area is 187 Å². The second kappa shape index (κ2) is 7.99. The Balaban J connectivity index is 1.25. The van der Waals surface area contributed by atoms with Gasteiger partial charge in [-0.3, -0.25) is 4.79 Å². The van der Waals surface area contributed by atoms with E-state index in [0.717, 1.165) is 36.4 Å². The summed E-state index contributed by atoms with van der Waals surface area (Å²) < 4.78 is 29.9. The summed E-state index contributed by atoms with van der Waals surface area (Å²) in [7, 11) is -1.47. The highest BCUT2D eigenvalue weighted by Gasteiger charge is 2.45. The zero-order valence-electron chi connectivity index (χ0n) is 18.2. The number of likely N-dealkylation sites (N-methyl/N-ethyl adjacent to an activating group) is 1. The first kappa shape index (κ1) is 21.1. The van der Waals surface area contributed by atoms with Crippen molar-refractivity contribution in [3.8, 4) is 0 Å². The first-order chi connectivity index (χ1) is 15.3. The predicted molar refractivity (Wildman–Crippen MR) is 121 cm³/mol. The van der Waals surface area contributed by atoms with Crippen LogP contribution in [-0.4, -0.2) is 65.6 Å². The molecule has 0 spiro atoms. The van der Waals surface area contributed by atoms with Crippen LogP contribution >= 0.6 is 0 Å². The third kappa shape index (κ3) is 3.80. The van der Waals surface area contributed by atoms with Crippen molar-refractivity contribution in [3.63, 3.8) is 0 Å². The first-order valence-electron chi connectivity index (χ1n) is 10.8. The lowest BCUT2D eigenvalue weighted by Crippen LogP contribution is -2.39. The number of nitrogens with zero attached hydrogens (tertiary/aromatic N) is 4. The highest BCUT2D eigenvalue weighted by Crippen LogP contribution is 2.34. The van der Waals surface area contributed by atoms with E-state index in [9.17, 15) is 13.2 Å². The molecule has 8 nitrogen and oxygen atoms in total. The van der Waals surface area contributed by atoms with Crippen molar-refractivity contribution >= 4 is 21.6 Å². The lowest BCUT2D eigenvalue weighted by molar-refractivity contribution is 0.0950. The number of fused-ring (bicyclic) bond motifs is 2. The average Bonchev–Trinajstić information content (AvgIpc) is 3.44. The predicted octanol–water partition coefficient (Wildman–Crippen LogP) is 1.90. The van der Waals surface area contributed by atoms with Crippen LogP contribution in [0, 0.1) is 12.8 Å². The number of amides is 1. The highest BCUT2D eigenvalue weighted by molar-refractivity contribution is 7.89. The molecule has 32 heavy (non-hydrogen) atoms. The fourth-order valence-electron chi connectivity index (χ4n) is 4.88. The Morgan fingerprint density at radius 2 is 1.91 bits per heavy atom. The number of carbonyl (C=O) groups excluding carboxylic acids is 1. The molecular formula is C23H27N5O3S. The summed E-state index contributed by atoms with van der Waals surface area (Å²) in [5, 5.41) is 2.90. The summed E-state index contributed by atoms with van der Waals surface area (Å²) in [5.41, 5.74) is 3.07. The normalized spacial score (nSPS) is 21.8. The largest absolute Gasteiger partial charge is 0.348 e. The van der Waals surface area contributed by atoms with Crippen LogP contribution in [0.25, 0.3) is 5.65 Å². The fourth-order valence-corrected chi connectivity index (χ4v) is 6.58. The van der Waals surface area contributed by atoms with Gasteiger partial charge in [0.2, 0.25) is 10.0 Å². The number of imidazole rings is 1. The van der Waals surface area contributed by atoms with E-state index in [1.54, 1.807) is 40.8 Å². The minimum absolute atomic E-state index is 0.0700. The molecule has 168 valence electrons. The minimum Gasteiger partial charge on any atom is -0.348 e. The van der Waals surface area contributed by atoms with Crippen LogP contribution < -0.4 is 5.32 Å². The van der Waals surface area contributed by atoms with Crippen LogP contribution in [0.1, 0.15) is 28.0 Å². The second-order valence-electron chi connectivity index (χ2n) is 8.85. The Kier molecular flexibility index (Phi) is 5.27. The van der Waals surface area contributed by atoms with Crippen molar-refractivity contribution in [2.45, 2.75) is 30.8 Å². The van der Waals surface area contributed by atoms with Gasteiger partial charge in [0, 0.05) is 44.6 Å². The zero-order chi connectivity index (χ0) is 22.5. The number of likely N-dealkylation sites (tertiary alicyclic amines) is 1. The number of rotatable bonds is 5. The molecule has 2 aliphatic rings. The van der Waals surface area contributed by atoms with Crippen molar-refractivity contribution < 1.29 is 13.2 Å². The van der Waals surface area contributed by atoms with Crippen molar-refractivity contribution in [2.24, 2.45) is 5.92 Å². The standard InChI is InChI=1S/C23H27N5O3S/c1-16-12-27-14-19(5-8-22(27)25-16)23(29)24-11-17-3-6-20(7-4-17)32(30,31)28-10-9-18-13-26(2)15-21(18)28/h3-8,12,14,18,21H,9-11,13,15H2,1-2H3,(H,24,29). The molecule has 2 aliphatic heterocycles. The van der Waals surface area contributed by atoms with Gasteiger partial charge in [0.05, 0.1) is 16.2 Å². The lowest BCUT2D eigenvalue weighted by Gasteiger charge is -2.23. The van der Waals surface area contributed by atoms with Crippen LogP contribution in [-0.2, 0) is 16.6 Å². The van der Waals surface area contributed by atoms with E-state index in [1.165, 1.54) is 0 Å². The van der Waals surface area contributed by atoms with E-state index in [4.69, 9.17) is 0 Å². The second-order valence-corrected chi connectivity index (χ2v) is 10.7. The lowest BCUT2D eigenvalue weighted by atomic mass is 10.1. The van der Waals surface area contributed by atoms with E-state index in [0.29, 0.717) is 29.5 Å². The van der Waals surface area contributed by atoms with Gasteiger partial charge in [0.1, 0.15) is 5.65 Å². The van der Waals surface area contributed by atoms with Gasteiger partial charge in [-0.2, -0.15) is 4.31 Å². The molecule has 3 aromatic rings. The van der Waals surface area contributed by atoms with Crippen molar-refractivity contribution in [3.05, 3.63) is 65.6 Å². The molecule has 2 fully saturated rings. The zero-order valence-corrected chi connectivity index (χ0v) is 19.0. The van der Waals surface area contributed by atoms with Gasteiger partial charge in [-0.05, 0) is 56.1 Å². The fraction of sp³-hybridized carbons (Fsp3) is 0.391. The van der Waals surface area contributed by atoms with Gasteiger partial charge in [0.25, 0.3) is 5.91 Å². The van der Waals surface area contributed by atoms with Gasteiger partial charge in [0.15, 0.2) is 0 Å². The molecule has 2 atom stereocenters. The Bertz CT molecular complexity index is 1270. The number of aromatic nitrogens is 2. The van der Waals surface area contributed by atoms with E-state index in [1.807, 2.05) is 30.6 Å². The minimum atomic E-state index is -3.52. The summed E-state index contributed by atoms with van der Waals surface area (Å²) in [6.45, 7) is 4.56. The number of pyridine rings is 1. The van der Waals surface area contributed by atoms with Crippen LogP contribution in [0.3, 0.4) is 0 Å². The monoisotopic (exact) mass is 453 g/mol. The molecule has 5 rings (SSSR count). The summed E-state index contributed by atoms with van der Waals surface area (Å²) in [6, 6.07) is 10.4. The van der Waals surface area contributed by atoms with Crippen LogP contribution in [0.5, 0.6) is 0 Å². The van der Waals surface area contributed by atoms with Crippen LogP contribution in [0.4, 0.5) is 0 Å². The van der Waals surface area contributed by atoms with Crippen LogP contribution in [0.2, 0.25) is 0 Å². The maximum atomic E-state index is 13.2. The highest BCUT2D eigenvalue weighted by atomic mass is 32.2. The van der Waals surface area contributed by atoms with Gasteiger partial charge in [-0.25, -0.2) is 13.4 Å². The smallest absolute Gasteiger partial charge is 0.253 e. The van der Waals surface area contributed by atoms with Crippen LogP contribution in [0.15, 0.2) is 53.7 Å². The quantitative estimate of drug-likeness (QED) is 0.638. The number of hydrogen-bond acceptors (Lipinski definition) is 5. The topological polar surface area (TPSA) is 87.0 Å². The van der Waals surface area contributed by atoms with Crippen molar-refractivity contribution in [2.75, 3.05) is 26.7 Å². The van der Waals surface area contributed by atoms with Gasteiger partial charge in [-0.1, -0.05) is 12.1 Å². The van der Waals surface area contributed by atoms with Crippen molar-refractivity contribution in [1.29, 1.82) is 0 Å². The molecule has 2 aromatic heterocycles. The maximum absolute atomic E-state index is 13.2. The number of benzene rings is 1. The number of nitrogens with one attached hydrogen (secondary N) is 1. The van der Waals surface area contributed by atoms with Gasteiger partial charge < -0.3 is 14.6 Å². The van der Waals surface area contributed by atoms with Gasteiger partial charge in [-0.15, -0.1) is 0 Å². The number of hydrogen-bond donors (Lipinski definition) is 1. The number of carbonyl (C=O) groups is 1. The SMILES string of the molecule is Cc1cn2cc(C(=O)NCc3ccc(S(=O)(=O)N4CCC5CN(C)CC54)cc3)ccc2n1. The van der Waals surface area contributed by atoms with E-state index < -0.39 is 10.0 Å².